The van der Waals surface area contributed by atoms with Crippen LogP contribution in [0, 0.1) is 12.8 Å². The molecule has 0 aliphatic carbocycles. The lowest BCUT2D eigenvalue weighted by molar-refractivity contribution is -0.151. The predicted octanol–water partition coefficient (Wildman–Crippen LogP) is 3.95. The van der Waals surface area contributed by atoms with Gasteiger partial charge in [-0.3, -0.25) is 14.4 Å². The van der Waals surface area contributed by atoms with Crippen LogP contribution < -0.4 is 10.2 Å². The lowest BCUT2D eigenvalue weighted by Gasteiger charge is -2.16. The second-order valence-corrected chi connectivity index (χ2v) is 7.81. The number of nitrogens with zero attached hydrogens (tertiary/aromatic N) is 1. The van der Waals surface area contributed by atoms with Gasteiger partial charge in [-0.15, -0.1) is 0 Å². The average Bonchev–Trinajstić information content (AvgIpc) is 3.04. The predicted molar refractivity (Wildman–Crippen MR) is 110 cm³/mol. The van der Waals surface area contributed by atoms with Crippen molar-refractivity contribution in [3.05, 3.63) is 57.5 Å². The number of benzene rings is 2. The Morgan fingerprint density at radius 2 is 1.96 bits per heavy atom. The molecule has 1 atom stereocenters. The van der Waals surface area contributed by atoms with Crippen molar-refractivity contribution in [1.29, 1.82) is 0 Å². The van der Waals surface area contributed by atoms with E-state index < -0.39 is 24.4 Å². The molecule has 146 valence electrons. The molecule has 3 rings (SSSR count). The zero-order chi connectivity index (χ0) is 20.3. The zero-order valence-corrected chi connectivity index (χ0v) is 17.4. The number of nitrogens with one attached hydrogen (secondary N) is 1. The molecule has 1 heterocycles. The topological polar surface area (TPSA) is 75.7 Å². The molecule has 2 amide bonds. The Hall–Kier alpha value is -2.38. The fraction of sp³-hybridized carbons (Fsp3) is 0.250. The largest absolute Gasteiger partial charge is 0.455 e. The van der Waals surface area contributed by atoms with Crippen molar-refractivity contribution in [3.63, 3.8) is 0 Å². The number of halogens is 2. The average molecular weight is 466 g/mol. The van der Waals surface area contributed by atoms with Crippen LogP contribution in [0.5, 0.6) is 0 Å². The number of esters is 1. The van der Waals surface area contributed by atoms with Gasteiger partial charge in [0, 0.05) is 28.1 Å². The lowest BCUT2D eigenvalue weighted by Crippen LogP contribution is -2.28. The minimum absolute atomic E-state index is 0.0482. The SMILES string of the molecule is Cc1ccc(NC(=O)COC(=O)C2CC(=O)N(c3ccc(Cl)cc3)C2)c(Br)c1. The highest BCUT2D eigenvalue weighted by molar-refractivity contribution is 9.10. The molecule has 1 fully saturated rings. The summed E-state index contributed by atoms with van der Waals surface area (Å²) >= 11 is 9.24. The molecule has 1 unspecified atom stereocenters. The van der Waals surface area contributed by atoms with Crippen LogP contribution in [0.2, 0.25) is 5.02 Å². The number of amides is 2. The molecule has 0 saturated carbocycles. The normalized spacial score (nSPS) is 16.2. The van der Waals surface area contributed by atoms with E-state index in [0.717, 1.165) is 10.0 Å². The van der Waals surface area contributed by atoms with Crippen molar-refractivity contribution < 1.29 is 19.1 Å². The molecule has 2 aromatic rings. The maximum atomic E-state index is 12.3. The number of ether oxygens (including phenoxy) is 1. The van der Waals surface area contributed by atoms with Gasteiger partial charge in [0.1, 0.15) is 0 Å². The molecule has 0 radical (unpaired) electrons. The monoisotopic (exact) mass is 464 g/mol. The fourth-order valence-electron chi connectivity index (χ4n) is 2.90. The molecule has 2 aromatic carbocycles. The molecular formula is C20H18BrClN2O4. The van der Waals surface area contributed by atoms with Crippen molar-refractivity contribution in [1.82, 2.24) is 0 Å². The molecule has 0 spiro atoms. The standard InChI is InChI=1S/C20H18BrClN2O4/c1-12-2-7-17(16(21)8-12)23-18(25)11-28-20(27)13-9-19(26)24(10-13)15-5-3-14(22)4-6-15/h2-8,13H,9-11H2,1H3,(H,23,25). The fourth-order valence-corrected chi connectivity index (χ4v) is 3.62. The third-order valence-electron chi connectivity index (χ3n) is 4.34. The van der Waals surface area contributed by atoms with Gasteiger partial charge in [-0.2, -0.15) is 0 Å². The summed E-state index contributed by atoms with van der Waals surface area (Å²) in [5.41, 5.74) is 2.32. The van der Waals surface area contributed by atoms with Crippen LogP contribution in [0.15, 0.2) is 46.9 Å². The Morgan fingerprint density at radius 1 is 1.25 bits per heavy atom. The highest BCUT2D eigenvalue weighted by atomic mass is 79.9. The van der Waals surface area contributed by atoms with E-state index >= 15 is 0 Å². The third kappa shape index (κ3) is 4.91. The quantitative estimate of drug-likeness (QED) is 0.679. The summed E-state index contributed by atoms with van der Waals surface area (Å²) in [5.74, 6) is -1.79. The van der Waals surface area contributed by atoms with E-state index in [4.69, 9.17) is 16.3 Å². The Morgan fingerprint density at radius 3 is 2.64 bits per heavy atom. The Kier molecular flexibility index (Phi) is 6.36. The summed E-state index contributed by atoms with van der Waals surface area (Å²) in [7, 11) is 0. The summed E-state index contributed by atoms with van der Waals surface area (Å²) < 4.78 is 5.85. The number of hydrogen-bond donors (Lipinski definition) is 1. The Labute approximate surface area is 175 Å². The maximum absolute atomic E-state index is 12.3. The molecule has 1 aliphatic heterocycles. The molecule has 0 bridgehead atoms. The van der Waals surface area contributed by atoms with Crippen LogP contribution in [0.3, 0.4) is 0 Å². The number of anilines is 2. The van der Waals surface area contributed by atoms with E-state index in [-0.39, 0.29) is 18.9 Å². The van der Waals surface area contributed by atoms with Crippen molar-refractivity contribution in [2.45, 2.75) is 13.3 Å². The van der Waals surface area contributed by atoms with Gasteiger partial charge in [0.2, 0.25) is 5.91 Å². The van der Waals surface area contributed by atoms with Gasteiger partial charge in [-0.25, -0.2) is 0 Å². The summed E-state index contributed by atoms with van der Waals surface area (Å²) in [6.45, 7) is 1.74. The van der Waals surface area contributed by atoms with E-state index in [1.54, 1.807) is 30.3 Å². The highest BCUT2D eigenvalue weighted by Crippen LogP contribution is 2.27. The van der Waals surface area contributed by atoms with Gasteiger partial charge in [0.05, 0.1) is 11.6 Å². The van der Waals surface area contributed by atoms with Crippen molar-refractivity contribution in [2.75, 3.05) is 23.4 Å². The molecule has 1 N–H and O–H groups in total. The van der Waals surface area contributed by atoms with Crippen LogP contribution in [0.4, 0.5) is 11.4 Å². The second-order valence-electron chi connectivity index (χ2n) is 6.52. The molecule has 0 aromatic heterocycles. The van der Waals surface area contributed by atoms with Crippen LogP contribution in [0.1, 0.15) is 12.0 Å². The zero-order valence-electron chi connectivity index (χ0n) is 15.1. The van der Waals surface area contributed by atoms with Crippen molar-refractivity contribution in [2.24, 2.45) is 5.92 Å². The molecule has 28 heavy (non-hydrogen) atoms. The lowest BCUT2D eigenvalue weighted by atomic mass is 10.1. The van der Waals surface area contributed by atoms with Gasteiger partial charge in [0.25, 0.3) is 5.91 Å². The number of hydrogen-bond acceptors (Lipinski definition) is 4. The molecule has 1 aliphatic rings. The van der Waals surface area contributed by atoms with Gasteiger partial charge in [0.15, 0.2) is 6.61 Å². The summed E-state index contributed by atoms with van der Waals surface area (Å²) in [6, 6.07) is 12.3. The van der Waals surface area contributed by atoms with Crippen LogP contribution in [0.25, 0.3) is 0 Å². The van der Waals surface area contributed by atoms with Gasteiger partial charge < -0.3 is 15.0 Å². The first-order valence-electron chi connectivity index (χ1n) is 8.62. The van der Waals surface area contributed by atoms with Gasteiger partial charge in [-0.1, -0.05) is 17.7 Å². The highest BCUT2D eigenvalue weighted by Gasteiger charge is 2.36. The van der Waals surface area contributed by atoms with Gasteiger partial charge in [-0.05, 0) is 64.8 Å². The summed E-state index contributed by atoms with van der Waals surface area (Å²) in [5, 5.41) is 3.25. The van der Waals surface area contributed by atoms with Crippen LogP contribution >= 0.6 is 27.5 Å². The van der Waals surface area contributed by atoms with Gasteiger partial charge >= 0.3 is 5.97 Å². The molecule has 1 saturated heterocycles. The Bertz CT molecular complexity index is 917. The van der Waals surface area contributed by atoms with Crippen molar-refractivity contribution >= 4 is 56.7 Å². The summed E-state index contributed by atoms with van der Waals surface area (Å²) in [4.78, 5) is 38.1. The van der Waals surface area contributed by atoms with E-state index in [1.165, 1.54) is 4.90 Å². The van der Waals surface area contributed by atoms with Crippen molar-refractivity contribution in [3.8, 4) is 0 Å². The van der Waals surface area contributed by atoms with E-state index in [1.807, 2.05) is 19.1 Å². The molecular weight excluding hydrogens is 448 g/mol. The molecule has 8 heteroatoms. The maximum Gasteiger partial charge on any atom is 0.311 e. The first-order valence-corrected chi connectivity index (χ1v) is 9.79. The smallest absolute Gasteiger partial charge is 0.311 e. The number of carbonyl (C=O) groups is 3. The molecule has 6 nitrogen and oxygen atoms in total. The number of rotatable bonds is 5. The van der Waals surface area contributed by atoms with E-state index in [0.29, 0.717) is 16.4 Å². The van der Waals surface area contributed by atoms with E-state index in [2.05, 4.69) is 21.2 Å². The number of carbonyl (C=O) groups excluding carboxylic acids is 3. The van der Waals surface area contributed by atoms with Crippen LogP contribution in [-0.4, -0.2) is 30.9 Å². The second kappa shape index (κ2) is 8.75. The van der Waals surface area contributed by atoms with Crippen LogP contribution in [-0.2, 0) is 19.1 Å². The summed E-state index contributed by atoms with van der Waals surface area (Å²) in [6.07, 6.45) is 0.0482. The first-order chi connectivity index (χ1) is 13.3. The first kappa shape index (κ1) is 20.4. The third-order valence-corrected chi connectivity index (χ3v) is 5.25. The minimum atomic E-state index is -0.609. The minimum Gasteiger partial charge on any atom is -0.455 e. The van der Waals surface area contributed by atoms with E-state index in [9.17, 15) is 14.4 Å². The number of aryl methyl sites for hydroxylation is 1. The Balaban J connectivity index is 1.53.